The van der Waals surface area contributed by atoms with Gasteiger partial charge in [0.25, 0.3) is 0 Å². The molecule has 0 amide bonds. The molecule has 170 valence electrons. The number of nitrogens with one attached hydrogen (secondary N) is 2. The van der Waals surface area contributed by atoms with Gasteiger partial charge in [-0.05, 0) is 50.9 Å². The highest BCUT2D eigenvalue weighted by atomic mass is 127. The van der Waals surface area contributed by atoms with E-state index >= 15 is 0 Å². The van der Waals surface area contributed by atoms with E-state index in [4.69, 9.17) is 9.47 Å². The lowest BCUT2D eigenvalue weighted by Gasteiger charge is -2.39. The normalized spacial score (nSPS) is 23.6. The van der Waals surface area contributed by atoms with Crippen LogP contribution in [0.3, 0.4) is 0 Å². The lowest BCUT2D eigenvalue weighted by atomic mass is 9.92. The van der Waals surface area contributed by atoms with Gasteiger partial charge in [-0.2, -0.15) is 0 Å². The molecule has 1 saturated carbocycles. The Balaban J connectivity index is 0.00000300. The number of hydrogen-bond donors (Lipinski definition) is 2. The minimum absolute atomic E-state index is 0. The van der Waals surface area contributed by atoms with Gasteiger partial charge in [0.2, 0.25) is 0 Å². The van der Waals surface area contributed by atoms with Crippen LogP contribution in [0.1, 0.15) is 64.2 Å². The highest BCUT2D eigenvalue weighted by molar-refractivity contribution is 14.0. The Kier molecular flexibility index (Phi) is 12.8. The molecular formula is C22H43IN4O2. The van der Waals surface area contributed by atoms with Crippen molar-refractivity contribution in [2.24, 2.45) is 10.9 Å². The highest BCUT2D eigenvalue weighted by Gasteiger charge is 2.26. The van der Waals surface area contributed by atoms with Crippen molar-refractivity contribution in [3.8, 4) is 0 Å². The summed E-state index contributed by atoms with van der Waals surface area (Å²) in [5, 5.41) is 7.08. The van der Waals surface area contributed by atoms with Crippen LogP contribution in [0.25, 0.3) is 0 Å². The molecule has 0 aromatic heterocycles. The first-order chi connectivity index (χ1) is 13.8. The number of aliphatic imine (C=N–C) groups is 1. The molecule has 3 aliphatic rings. The third kappa shape index (κ3) is 9.27. The number of rotatable bonds is 8. The van der Waals surface area contributed by atoms with Gasteiger partial charge in [0, 0.05) is 65.2 Å². The summed E-state index contributed by atoms with van der Waals surface area (Å²) in [6.07, 6.45) is 12.9. The summed E-state index contributed by atoms with van der Waals surface area (Å²) in [7, 11) is 1.87. The molecule has 3 fully saturated rings. The largest absolute Gasteiger partial charge is 0.381 e. The Morgan fingerprint density at radius 2 is 1.76 bits per heavy atom. The lowest BCUT2D eigenvalue weighted by Crippen LogP contribution is -2.51. The van der Waals surface area contributed by atoms with E-state index in [0.717, 1.165) is 64.2 Å². The summed E-state index contributed by atoms with van der Waals surface area (Å²) in [5.74, 6) is 1.64. The van der Waals surface area contributed by atoms with Crippen molar-refractivity contribution in [2.75, 3.05) is 53.1 Å². The Bertz CT molecular complexity index is 446. The summed E-state index contributed by atoms with van der Waals surface area (Å²) in [5.41, 5.74) is 0. The minimum Gasteiger partial charge on any atom is -0.381 e. The fourth-order valence-corrected chi connectivity index (χ4v) is 4.79. The highest BCUT2D eigenvalue weighted by Crippen LogP contribution is 2.25. The smallest absolute Gasteiger partial charge is 0.191 e. The third-order valence-electron chi connectivity index (χ3n) is 6.64. The molecule has 2 N–H and O–H groups in total. The number of likely N-dealkylation sites (tertiary alicyclic amines) is 1. The zero-order valence-electron chi connectivity index (χ0n) is 18.4. The van der Waals surface area contributed by atoms with Gasteiger partial charge in [-0.25, -0.2) is 0 Å². The summed E-state index contributed by atoms with van der Waals surface area (Å²) in [6.45, 7) is 6.89. The van der Waals surface area contributed by atoms with Crippen LogP contribution in [0.5, 0.6) is 0 Å². The first-order valence-corrected chi connectivity index (χ1v) is 11.7. The molecule has 6 nitrogen and oxygen atoms in total. The van der Waals surface area contributed by atoms with Crippen LogP contribution in [0.15, 0.2) is 4.99 Å². The maximum atomic E-state index is 5.85. The molecule has 3 rings (SSSR count). The number of ether oxygens (including phenoxy) is 2. The first kappa shape index (κ1) is 25.1. The van der Waals surface area contributed by atoms with Crippen molar-refractivity contribution in [3.63, 3.8) is 0 Å². The van der Waals surface area contributed by atoms with Crippen LogP contribution in [0.2, 0.25) is 0 Å². The average Bonchev–Trinajstić information content (AvgIpc) is 2.77. The van der Waals surface area contributed by atoms with Gasteiger partial charge in [-0.15, -0.1) is 24.0 Å². The van der Waals surface area contributed by atoms with E-state index in [9.17, 15) is 0 Å². The van der Waals surface area contributed by atoms with E-state index < -0.39 is 0 Å². The number of halogens is 1. The van der Waals surface area contributed by atoms with Crippen molar-refractivity contribution < 1.29 is 9.47 Å². The summed E-state index contributed by atoms with van der Waals surface area (Å²) in [4.78, 5) is 7.15. The lowest BCUT2D eigenvalue weighted by molar-refractivity contribution is 0.0203. The van der Waals surface area contributed by atoms with Crippen molar-refractivity contribution in [3.05, 3.63) is 0 Å². The zero-order chi connectivity index (χ0) is 19.4. The van der Waals surface area contributed by atoms with Crippen LogP contribution in [0.4, 0.5) is 0 Å². The summed E-state index contributed by atoms with van der Waals surface area (Å²) >= 11 is 0. The van der Waals surface area contributed by atoms with E-state index in [0.29, 0.717) is 12.0 Å². The van der Waals surface area contributed by atoms with Gasteiger partial charge in [0.1, 0.15) is 0 Å². The van der Waals surface area contributed by atoms with Crippen molar-refractivity contribution in [2.45, 2.75) is 76.3 Å². The molecular weight excluding hydrogens is 479 g/mol. The molecule has 0 spiro atoms. The molecule has 1 aliphatic carbocycles. The molecule has 0 bridgehead atoms. The van der Waals surface area contributed by atoms with Crippen LogP contribution >= 0.6 is 24.0 Å². The molecule has 2 heterocycles. The molecule has 2 saturated heterocycles. The second-order valence-electron chi connectivity index (χ2n) is 8.73. The van der Waals surface area contributed by atoms with Crippen molar-refractivity contribution in [1.29, 1.82) is 0 Å². The van der Waals surface area contributed by atoms with Crippen molar-refractivity contribution >= 4 is 29.9 Å². The first-order valence-electron chi connectivity index (χ1n) is 11.7. The summed E-state index contributed by atoms with van der Waals surface area (Å²) < 4.78 is 11.2. The van der Waals surface area contributed by atoms with Gasteiger partial charge < -0.3 is 25.0 Å². The Labute approximate surface area is 195 Å². The predicted molar refractivity (Wildman–Crippen MR) is 130 cm³/mol. The molecule has 29 heavy (non-hydrogen) atoms. The molecule has 0 atom stereocenters. The Morgan fingerprint density at radius 1 is 1.03 bits per heavy atom. The number of hydrogen-bond acceptors (Lipinski definition) is 4. The second kappa shape index (κ2) is 14.8. The average molecular weight is 523 g/mol. The third-order valence-corrected chi connectivity index (χ3v) is 6.64. The quantitative estimate of drug-likeness (QED) is 0.222. The van der Waals surface area contributed by atoms with Crippen LogP contribution in [0, 0.1) is 5.92 Å². The van der Waals surface area contributed by atoms with Gasteiger partial charge in [0.05, 0.1) is 0 Å². The summed E-state index contributed by atoms with van der Waals surface area (Å²) in [6, 6.07) is 1.41. The van der Waals surface area contributed by atoms with E-state index in [1.54, 1.807) is 0 Å². The van der Waals surface area contributed by atoms with Crippen molar-refractivity contribution in [1.82, 2.24) is 15.5 Å². The minimum atomic E-state index is 0. The topological polar surface area (TPSA) is 58.1 Å². The van der Waals surface area contributed by atoms with E-state index in [1.807, 2.05) is 7.05 Å². The molecule has 0 aromatic rings. The fourth-order valence-electron chi connectivity index (χ4n) is 4.79. The van der Waals surface area contributed by atoms with Crippen LogP contribution in [-0.4, -0.2) is 76.1 Å². The van der Waals surface area contributed by atoms with Crippen LogP contribution in [-0.2, 0) is 9.47 Å². The SMILES string of the molecule is CN=C(NCCCOCC1CCOCC1)NC1CCN(C2CCCCC2)CC1.I. The van der Waals surface area contributed by atoms with Gasteiger partial charge in [0.15, 0.2) is 5.96 Å². The van der Waals surface area contributed by atoms with Crippen LogP contribution < -0.4 is 10.6 Å². The maximum absolute atomic E-state index is 5.85. The molecule has 0 aromatic carbocycles. The second-order valence-corrected chi connectivity index (χ2v) is 8.73. The molecule has 0 unspecified atom stereocenters. The van der Waals surface area contributed by atoms with Gasteiger partial charge in [-0.1, -0.05) is 19.3 Å². The zero-order valence-corrected chi connectivity index (χ0v) is 20.7. The standard InChI is InChI=1S/C22H42N4O2.HI/c1-23-22(24-12-5-15-28-18-19-10-16-27-17-11-19)25-20-8-13-26(14-9-20)21-6-3-2-4-7-21;/h19-21H,2-18H2,1H3,(H2,23,24,25);1H. The van der Waals surface area contributed by atoms with Gasteiger partial charge >= 0.3 is 0 Å². The van der Waals surface area contributed by atoms with E-state index in [1.165, 1.54) is 58.0 Å². The maximum Gasteiger partial charge on any atom is 0.191 e. The Hall–Kier alpha value is -0.120. The van der Waals surface area contributed by atoms with E-state index in [-0.39, 0.29) is 24.0 Å². The number of guanidine groups is 1. The van der Waals surface area contributed by atoms with Gasteiger partial charge in [-0.3, -0.25) is 4.99 Å². The monoisotopic (exact) mass is 522 g/mol. The molecule has 2 aliphatic heterocycles. The number of nitrogens with zero attached hydrogens (tertiary/aromatic N) is 2. The molecule has 7 heteroatoms. The fraction of sp³-hybridized carbons (Fsp3) is 0.955. The van der Waals surface area contributed by atoms with E-state index in [2.05, 4.69) is 20.5 Å². The Morgan fingerprint density at radius 3 is 2.45 bits per heavy atom. The predicted octanol–water partition coefficient (Wildman–Crippen LogP) is 3.40. The molecule has 0 radical (unpaired) electrons. The number of piperidine rings is 1.